The van der Waals surface area contributed by atoms with Crippen LogP contribution in [-0.4, -0.2) is 17.9 Å². The van der Waals surface area contributed by atoms with E-state index in [0.717, 1.165) is 6.07 Å². The largest absolute Gasteiger partial charge is 0.467 e. The quantitative estimate of drug-likeness (QED) is 0.855. The van der Waals surface area contributed by atoms with Crippen molar-refractivity contribution in [1.29, 1.82) is 0 Å². The molecule has 1 atom stereocenters. The van der Waals surface area contributed by atoms with Crippen molar-refractivity contribution >= 4 is 17.5 Å². The van der Waals surface area contributed by atoms with Crippen LogP contribution in [0.2, 0.25) is 5.02 Å². The smallest absolute Gasteiger partial charge is 0.255 e. The Morgan fingerprint density at radius 2 is 2.16 bits per heavy atom. The molecule has 0 saturated heterocycles. The van der Waals surface area contributed by atoms with Gasteiger partial charge in [0.05, 0.1) is 22.9 Å². The van der Waals surface area contributed by atoms with Crippen LogP contribution in [0, 0.1) is 5.82 Å². The molecule has 2 rings (SSSR count). The zero-order valence-electron chi connectivity index (χ0n) is 10.6. The molecule has 5 heteroatoms. The Morgan fingerprint density at radius 1 is 1.42 bits per heavy atom. The summed E-state index contributed by atoms with van der Waals surface area (Å²) < 4.78 is 18.2. The van der Waals surface area contributed by atoms with Crippen molar-refractivity contribution in [2.24, 2.45) is 0 Å². The first-order valence-corrected chi connectivity index (χ1v) is 6.14. The second-order valence-electron chi connectivity index (χ2n) is 4.23. The molecule has 0 radical (unpaired) electrons. The van der Waals surface area contributed by atoms with Gasteiger partial charge in [0.1, 0.15) is 11.6 Å². The summed E-state index contributed by atoms with van der Waals surface area (Å²) in [6, 6.07) is 7.04. The van der Waals surface area contributed by atoms with Crippen molar-refractivity contribution < 1.29 is 13.6 Å². The summed E-state index contributed by atoms with van der Waals surface area (Å²) in [5.41, 5.74) is 0.268. The number of carbonyl (C=O) groups is 1. The normalized spacial score (nSPS) is 12.2. The molecule has 0 bridgehead atoms. The molecule has 1 heterocycles. The minimum absolute atomic E-state index is 0.100. The molecule has 0 aliphatic heterocycles. The van der Waals surface area contributed by atoms with E-state index in [1.165, 1.54) is 17.0 Å². The average molecular weight is 282 g/mol. The summed E-state index contributed by atoms with van der Waals surface area (Å²) in [4.78, 5) is 13.8. The van der Waals surface area contributed by atoms with Crippen LogP contribution in [0.25, 0.3) is 0 Å². The van der Waals surface area contributed by atoms with Gasteiger partial charge in [0, 0.05) is 7.05 Å². The first-order chi connectivity index (χ1) is 9.00. The number of hydrogen-bond acceptors (Lipinski definition) is 2. The molecule has 1 unspecified atom stereocenters. The molecule has 1 aromatic heterocycles. The monoisotopic (exact) mass is 281 g/mol. The fourth-order valence-electron chi connectivity index (χ4n) is 1.75. The first-order valence-electron chi connectivity index (χ1n) is 5.76. The Morgan fingerprint density at radius 3 is 2.74 bits per heavy atom. The van der Waals surface area contributed by atoms with Gasteiger partial charge in [-0.3, -0.25) is 4.79 Å². The average Bonchev–Trinajstić information content (AvgIpc) is 2.90. The van der Waals surface area contributed by atoms with Gasteiger partial charge in [-0.1, -0.05) is 11.6 Å². The topological polar surface area (TPSA) is 33.5 Å². The fourth-order valence-corrected chi connectivity index (χ4v) is 2.00. The predicted octanol–water partition coefficient (Wildman–Crippen LogP) is 3.91. The van der Waals surface area contributed by atoms with E-state index in [2.05, 4.69) is 0 Å². The van der Waals surface area contributed by atoms with Crippen molar-refractivity contribution in [3.8, 4) is 0 Å². The molecule has 0 saturated carbocycles. The summed E-state index contributed by atoms with van der Waals surface area (Å²) in [5.74, 6) is -0.0775. The highest BCUT2D eigenvalue weighted by Gasteiger charge is 2.22. The summed E-state index contributed by atoms with van der Waals surface area (Å²) in [5, 5.41) is 0.100. The number of halogens is 2. The lowest BCUT2D eigenvalue weighted by atomic mass is 10.1. The number of rotatable bonds is 3. The minimum atomic E-state index is -0.469. The number of furan rings is 1. The molecular formula is C14H13ClFNO2. The molecule has 3 nitrogen and oxygen atoms in total. The lowest BCUT2D eigenvalue weighted by Crippen LogP contribution is -2.29. The van der Waals surface area contributed by atoms with Crippen LogP contribution < -0.4 is 0 Å². The van der Waals surface area contributed by atoms with Gasteiger partial charge in [0.2, 0.25) is 0 Å². The third-order valence-corrected chi connectivity index (χ3v) is 3.33. The van der Waals surface area contributed by atoms with Crippen molar-refractivity contribution in [3.63, 3.8) is 0 Å². The van der Waals surface area contributed by atoms with Crippen molar-refractivity contribution in [3.05, 3.63) is 58.8 Å². The molecule has 2 aromatic rings. The Kier molecular flexibility index (Phi) is 3.90. The molecular weight excluding hydrogens is 269 g/mol. The molecule has 0 N–H and O–H groups in total. The van der Waals surface area contributed by atoms with Crippen LogP contribution >= 0.6 is 11.6 Å². The van der Waals surface area contributed by atoms with E-state index in [4.69, 9.17) is 16.0 Å². The van der Waals surface area contributed by atoms with Gasteiger partial charge < -0.3 is 9.32 Å². The van der Waals surface area contributed by atoms with Crippen molar-refractivity contribution in [1.82, 2.24) is 4.90 Å². The Balaban J connectivity index is 2.24. The van der Waals surface area contributed by atoms with Gasteiger partial charge in [-0.15, -0.1) is 0 Å². The summed E-state index contributed by atoms with van der Waals surface area (Å²) in [7, 11) is 1.65. The van der Waals surface area contributed by atoms with Gasteiger partial charge in [0.25, 0.3) is 5.91 Å². The molecule has 0 spiro atoms. The highest BCUT2D eigenvalue weighted by atomic mass is 35.5. The predicted molar refractivity (Wildman–Crippen MR) is 70.6 cm³/mol. The van der Waals surface area contributed by atoms with Crippen molar-refractivity contribution in [2.45, 2.75) is 13.0 Å². The van der Waals surface area contributed by atoms with Crippen LogP contribution in [0.4, 0.5) is 4.39 Å². The van der Waals surface area contributed by atoms with E-state index >= 15 is 0 Å². The maximum Gasteiger partial charge on any atom is 0.255 e. The highest BCUT2D eigenvalue weighted by molar-refractivity contribution is 6.33. The third kappa shape index (κ3) is 2.79. The van der Waals surface area contributed by atoms with Gasteiger partial charge >= 0.3 is 0 Å². The van der Waals surface area contributed by atoms with Gasteiger partial charge in [-0.05, 0) is 37.3 Å². The minimum Gasteiger partial charge on any atom is -0.467 e. The van der Waals surface area contributed by atoms with Gasteiger partial charge in [-0.2, -0.15) is 0 Å². The van der Waals surface area contributed by atoms with Crippen LogP contribution in [-0.2, 0) is 0 Å². The zero-order valence-corrected chi connectivity index (χ0v) is 11.3. The zero-order chi connectivity index (χ0) is 14.0. The Hall–Kier alpha value is -1.81. The van der Waals surface area contributed by atoms with E-state index in [0.29, 0.717) is 5.76 Å². The summed E-state index contributed by atoms with van der Waals surface area (Å²) in [6.07, 6.45) is 1.55. The van der Waals surface area contributed by atoms with Crippen LogP contribution in [0.5, 0.6) is 0 Å². The van der Waals surface area contributed by atoms with Crippen LogP contribution in [0.15, 0.2) is 41.0 Å². The van der Waals surface area contributed by atoms with E-state index in [1.807, 2.05) is 6.92 Å². The molecule has 0 aliphatic carbocycles. The lowest BCUT2D eigenvalue weighted by molar-refractivity contribution is 0.0726. The molecule has 1 amide bonds. The maximum absolute atomic E-state index is 13.0. The number of nitrogens with zero attached hydrogens (tertiary/aromatic N) is 1. The summed E-state index contributed by atoms with van der Waals surface area (Å²) in [6.45, 7) is 1.84. The van der Waals surface area contributed by atoms with Gasteiger partial charge in [-0.25, -0.2) is 4.39 Å². The number of hydrogen-bond donors (Lipinski definition) is 0. The third-order valence-electron chi connectivity index (χ3n) is 3.02. The molecule has 0 aliphatic rings. The van der Waals surface area contributed by atoms with E-state index in [9.17, 15) is 9.18 Å². The second-order valence-corrected chi connectivity index (χ2v) is 4.64. The standard InChI is InChI=1S/C14H13ClFNO2/c1-9(13-4-3-7-19-13)17(2)14(18)11-6-5-10(16)8-12(11)15/h3-9H,1-2H3. The number of carbonyl (C=O) groups excluding carboxylic acids is 1. The SMILES string of the molecule is CC(c1ccco1)N(C)C(=O)c1ccc(F)cc1Cl. The molecule has 19 heavy (non-hydrogen) atoms. The fraction of sp³-hybridized carbons (Fsp3) is 0.214. The van der Waals surface area contributed by atoms with E-state index in [1.54, 1.807) is 25.4 Å². The highest BCUT2D eigenvalue weighted by Crippen LogP contribution is 2.24. The lowest BCUT2D eigenvalue weighted by Gasteiger charge is -2.23. The second kappa shape index (κ2) is 5.45. The molecule has 1 aromatic carbocycles. The number of benzene rings is 1. The maximum atomic E-state index is 13.0. The van der Waals surface area contributed by atoms with Gasteiger partial charge in [0.15, 0.2) is 0 Å². The first kappa shape index (κ1) is 13.6. The van der Waals surface area contributed by atoms with Crippen molar-refractivity contribution in [2.75, 3.05) is 7.05 Å². The Labute approximate surface area is 115 Å². The summed E-state index contributed by atoms with van der Waals surface area (Å²) >= 11 is 5.89. The van der Waals surface area contributed by atoms with Crippen LogP contribution in [0.3, 0.4) is 0 Å². The molecule has 100 valence electrons. The number of amides is 1. The van der Waals surface area contributed by atoms with Crippen LogP contribution in [0.1, 0.15) is 29.1 Å². The van der Waals surface area contributed by atoms with E-state index in [-0.39, 0.29) is 22.5 Å². The van der Waals surface area contributed by atoms with E-state index < -0.39 is 5.82 Å². The Bertz CT molecular complexity index is 583. The molecule has 0 fully saturated rings.